The van der Waals surface area contributed by atoms with Crippen LogP contribution in [0.3, 0.4) is 0 Å². The van der Waals surface area contributed by atoms with Gasteiger partial charge in [0, 0.05) is 17.8 Å². The molecule has 0 aromatic heterocycles. The van der Waals surface area contributed by atoms with Crippen LogP contribution in [0, 0.1) is 11.6 Å². The molecule has 3 atom stereocenters. The smallest absolute Gasteiger partial charge is 0.261 e. The van der Waals surface area contributed by atoms with Crippen LogP contribution in [0.25, 0.3) is 0 Å². The number of likely N-dealkylation sites (tertiary alicyclic amines) is 1. The van der Waals surface area contributed by atoms with E-state index in [-0.39, 0.29) is 4.90 Å². The van der Waals surface area contributed by atoms with Gasteiger partial charge in [0.15, 0.2) is 11.6 Å². The third kappa shape index (κ3) is 4.31. The highest BCUT2D eigenvalue weighted by molar-refractivity contribution is 7.92. The van der Waals surface area contributed by atoms with Gasteiger partial charge in [0.2, 0.25) is 0 Å². The first-order chi connectivity index (χ1) is 13.8. The number of nitrogens with zero attached hydrogens (tertiary/aromatic N) is 1. The summed E-state index contributed by atoms with van der Waals surface area (Å²) < 4.78 is 53.7. The fourth-order valence-electron chi connectivity index (χ4n) is 4.74. The lowest BCUT2D eigenvalue weighted by atomic mass is 9.97. The fourth-order valence-corrected chi connectivity index (χ4v) is 5.81. The molecule has 1 N–H and O–H groups in total. The summed E-state index contributed by atoms with van der Waals surface area (Å²) in [4.78, 5) is 2.34. The number of sulfonamides is 1. The van der Waals surface area contributed by atoms with Crippen LogP contribution in [0.15, 0.2) is 47.4 Å². The Morgan fingerprint density at radius 3 is 2.41 bits per heavy atom. The molecule has 1 aliphatic carbocycles. The van der Waals surface area contributed by atoms with Crippen LogP contribution in [0.4, 0.5) is 14.5 Å². The molecule has 2 unspecified atom stereocenters. The Morgan fingerprint density at radius 2 is 1.76 bits per heavy atom. The van der Waals surface area contributed by atoms with Gasteiger partial charge in [-0.2, -0.15) is 0 Å². The van der Waals surface area contributed by atoms with E-state index in [0.717, 1.165) is 25.0 Å². The Morgan fingerprint density at radius 1 is 1.00 bits per heavy atom. The van der Waals surface area contributed by atoms with Crippen LogP contribution in [0.5, 0.6) is 0 Å². The summed E-state index contributed by atoms with van der Waals surface area (Å²) in [5.74, 6) is -1.78. The van der Waals surface area contributed by atoms with Crippen molar-refractivity contribution >= 4 is 15.7 Å². The number of hydrogen-bond donors (Lipinski definition) is 1. The van der Waals surface area contributed by atoms with Crippen molar-refractivity contribution in [2.75, 3.05) is 11.3 Å². The van der Waals surface area contributed by atoms with E-state index in [4.69, 9.17) is 0 Å². The van der Waals surface area contributed by atoms with Gasteiger partial charge in [-0.25, -0.2) is 17.2 Å². The Balaban J connectivity index is 1.42. The molecule has 0 radical (unpaired) electrons. The van der Waals surface area contributed by atoms with E-state index in [9.17, 15) is 17.2 Å². The summed E-state index contributed by atoms with van der Waals surface area (Å²) in [6.07, 6.45) is 6.07. The van der Waals surface area contributed by atoms with Gasteiger partial charge in [-0.15, -0.1) is 0 Å². The van der Waals surface area contributed by atoms with Crippen LogP contribution < -0.4 is 4.72 Å². The summed E-state index contributed by atoms with van der Waals surface area (Å²) >= 11 is 0. The molecule has 1 aliphatic heterocycles. The number of benzene rings is 2. The second kappa shape index (κ2) is 8.03. The van der Waals surface area contributed by atoms with Gasteiger partial charge in [-0.3, -0.25) is 9.62 Å². The minimum absolute atomic E-state index is 0.307. The van der Waals surface area contributed by atoms with Crippen molar-refractivity contribution in [3.05, 3.63) is 59.7 Å². The number of halogens is 2. The molecule has 0 amide bonds. The molecule has 4 rings (SSSR count). The van der Waals surface area contributed by atoms with Crippen LogP contribution in [0.2, 0.25) is 0 Å². The molecular weight excluding hydrogens is 394 g/mol. The van der Waals surface area contributed by atoms with E-state index in [2.05, 4.69) is 16.5 Å². The lowest BCUT2D eigenvalue weighted by Crippen LogP contribution is -2.35. The van der Waals surface area contributed by atoms with Crippen LogP contribution in [-0.2, 0) is 10.0 Å². The zero-order chi connectivity index (χ0) is 20.6. The van der Waals surface area contributed by atoms with E-state index in [1.165, 1.54) is 31.4 Å². The molecule has 2 aromatic carbocycles. The third-order valence-electron chi connectivity index (χ3n) is 6.31. The van der Waals surface area contributed by atoms with Crippen molar-refractivity contribution in [1.29, 1.82) is 0 Å². The Bertz CT molecular complexity index is 979. The van der Waals surface area contributed by atoms with Gasteiger partial charge < -0.3 is 0 Å². The first kappa shape index (κ1) is 20.3. The largest absolute Gasteiger partial charge is 0.298 e. The predicted molar refractivity (Wildman–Crippen MR) is 109 cm³/mol. The maximum Gasteiger partial charge on any atom is 0.261 e. The maximum atomic E-state index is 13.4. The van der Waals surface area contributed by atoms with Crippen molar-refractivity contribution in [2.24, 2.45) is 0 Å². The van der Waals surface area contributed by atoms with Gasteiger partial charge in [-0.05, 0) is 87.4 Å². The van der Waals surface area contributed by atoms with Crippen LogP contribution >= 0.6 is 0 Å². The molecule has 2 aromatic rings. The van der Waals surface area contributed by atoms with Crippen molar-refractivity contribution in [1.82, 2.24) is 4.90 Å². The molecule has 0 bridgehead atoms. The van der Waals surface area contributed by atoms with E-state index in [0.29, 0.717) is 29.8 Å². The number of nitrogens with one attached hydrogen (secondary N) is 1. The number of rotatable bonds is 5. The lowest BCUT2D eigenvalue weighted by Gasteiger charge is -2.28. The summed E-state index contributed by atoms with van der Waals surface area (Å²) in [7, 11) is -3.97. The van der Waals surface area contributed by atoms with Crippen LogP contribution in [-0.4, -0.2) is 31.9 Å². The molecule has 156 valence electrons. The topological polar surface area (TPSA) is 49.4 Å². The third-order valence-corrected chi connectivity index (χ3v) is 7.69. The minimum Gasteiger partial charge on any atom is -0.298 e. The SMILES string of the molecule is C[C@H]1CCCN1C1CCC(c2ccc(NS(=O)(=O)c3ccc(F)c(F)c3)cc2)C1. The zero-order valence-electron chi connectivity index (χ0n) is 16.4. The number of anilines is 1. The first-order valence-corrected chi connectivity index (χ1v) is 11.7. The lowest BCUT2D eigenvalue weighted by molar-refractivity contribution is 0.191. The molecular formula is C22H26F2N2O2S. The molecule has 2 aliphatic rings. The monoisotopic (exact) mass is 420 g/mol. The minimum atomic E-state index is -3.97. The van der Waals surface area contributed by atoms with Crippen molar-refractivity contribution in [3.63, 3.8) is 0 Å². The Labute approximate surface area is 171 Å². The standard InChI is InChI=1S/C22H26F2N2O2S/c1-15-3-2-12-26(15)19-9-6-17(13-19)16-4-7-18(8-5-16)25-29(27,28)20-10-11-21(23)22(24)14-20/h4-5,7-8,10-11,14-15,17,19,25H,2-3,6,9,12-13H2,1H3/t15-,17?,19?/m0/s1. The van der Waals surface area contributed by atoms with Gasteiger partial charge >= 0.3 is 0 Å². The summed E-state index contributed by atoms with van der Waals surface area (Å²) in [6.45, 7) is 3.51. The second-order valence-electron chi connectivity index (χ2n) is 8.20. The Kier molecular flexibility index (Phi) is 5.62. The molecule has 4 nitrogen and oxygen atoms in total. The first-order valence-electron chi connectivity index (χ1n) is 10.2. The quantitative estimate of drug-likeness (QED) is 0.750. The summed E-state index contributed by atoms with van der Waals surface area (Å²) in [6, 6.07) is 11.3. The molecule has 7 heteroatoms. The van der Waals surface area contributed by atoms with Crippen molar-refractivity contribution in [3.8, 4) is 0 Å². The zero-order valence-corrected chi connectivity index (χ0v) is 17.3. The van der Waals surface area contributed by atoms with Gasteiger partial charge in [0.1, 0.15) is 0 Å². The van der Waals surface area contributed by atoms with E-state index in [1.54, 1.807) is 12.1 Å². The normalized spacial score (nSPS) is 25.4. The predicted octanol–water partition coefficient (Wildman–Crippen LogP) is 4.89. The average molecular weight is 421 g/mol. The van der Waals surface area contributed by atoms with Crippen molar-refractivity contribution < 1.29 is 17.2 Å². The van der Waals surface area contributed by atoms with Crippen LogP contribution in [0.1, 0.15) is 50.5 Å². The van der Waals surface area contributed by atoms with Gasteiger partial charge in [0.05, 0.1) is 4.90 Å². The highest BCUT2D eigenvalue weighted by atomic mass is 32.2. The second-order valence-corrected chi connectivity index (χ2v) is 9.88. The highest BCUT2D eigenvalue weighted by Gasteiger charge is 2.34. The molecule has 2 fully saturated rings. The van der Waals surface area contributed by atoms with E-state index >= 15 is 0 Å². The maximum absolute atomic E-state index is 13.4. The number of hydrogen-bond acceptors (Lipinski definition) is 3. The van der Waals surface area contributed by atoms with E-state index < -0.39 is 21.7 Å². The Hall–Kier alpha value is -1.99. The van der Waals surface area contributed by atoms with Gasteiger partial charge in [-0.1, -0.05) is 12.1 Å². The molecule has 1 saturated heterocycles. The fraction of sp³-hybridized carbons (Fsp3) is 0.455. The van der Waals surface area contributed by atoms with Crippen molar-refractivity contribution in [2.45, 2.75) is 61.9 Å². The summed E-state index contributed by atoms with van der Waals surface area (Å²) in [5, 5.41) is 0. The average Bonchev–Trinajstić information content (AvgIpc) is 3.33. The van der Waals surface area contributed by atoms with Gasteiger partial charge in [0.25, 0.3) is 10.0 Å². The molecule has 1 heterocycles. The van der Waals surface area contributed by atoms with E-state index in [1.807, 2.05) is 12.1 Å². The molecule has 1 saturated carbocycles. The molecule has 0 spiro atoms. The summed E-state index contributed by atoms with van der Waals surface area (Å²) in [5.41, 5.74) is 1.62. The highest BCUT2D eigenvalue weighted by Crippen LogP contribution is 2.39. The molecule has 29 heavy (non-hydrogen) atoms.